The van der Waals surface area contributed by atoms with Gasteiger partial charge in [-0.2, -0.15) is 0 Å². The Morgan fingerprint density at radius 3 is 2.90 bits per heavy atom. The standard InChI is InChI=1S/C21H27N5OS2/c1-3-16-22-20-18(14-9-4-5-10-15(14)29-20)19-23-24-21(26(16)19)28-12-17(27)25-11-7-6-8-13(25)2/h13H,3-12H2,1-2H3/t13-/m0/s1. The summed E-state index contributed by atoms with van der Waals surface area (Å²) in [5.74, 6) is 1.60. The van der Waals surface area contributed by atoms with Crippen molar-refractivity contribution < 1.29 is 4.79 Å². The van der Waals surface area contributed by atoms with Crippen LogP contribution in [0.25, 0.3) is 15.9 Å². The number of amides is 1. The minimum atomic E-state index is 0.207. The van der Waals surface area contributed by atoms with Gasteiger partial charge < -0.3 is 4.90 Å². The van der Waals surface area contributed by atoms with Crippen molar-refractivity contribution >= 4 is 44.9 Å². The van der Waals surface area contributed by atoms with Gasteiger partial charge in [0, 0.05) is 23.9 Å². The van der Waals surface area contributed by atoms with E-state index in [1.54, 1.807) is 0 Å². The average Bonchev–Trinajstić information content (AvgIpc) is 3.32. The number of carbonyl (C=O) groups is 1. The first-order valence-corrected chi connectivity index (χ1v) is 12.6. The molecule has 2 aliphatic rings. The van der Waals surface area contributed by atoms with Gasteiger partial charge in [0.2, 0.25) is 5.91 Å². The molecule has 0 aromatic carbocycles. The van der Waals surface area contributed by atoms with Crippen LogP contribution < -0.4 is 0 Å². The van der Waals surface area contributed by atoms with Crippen LogP contribution >= 0.6 is 23.1 Å². The first-order chi connectivity index (χ1) is 14.2. The Balaban J connectivity index is 1.49. The number of aromatic nitrogens is 4. The summed E-state index contributed by atoms with van der Waals surface area (Å²) in [5, 5.41) is 11.0. The number of hydrogen-bond acceptors (Lipinski definition) is 6. The van der Waals surface area contributed by atoms with Crippen molar-refractivity contribution in [3.8, 4) is 0 Å². The van der Waals surface area contributed by atoms with Gasteiger partial charge in [-0.15, -0.1) is 21.5 Å². The lowest BCUT2D eigenvalue weighted by atomic mass is 9.97. The molecule has 5 rings (SSSR count). The van der Waals surface area contributed by atoms with Gasteiger partial charge in [0.15, 0.2) is 10.8 Å². The van der Waals surface area contributed by atoms with Crippen LogP contribution in [-0.4, -0.2) is 48.7 Å². The largest absolute Gasteiger partial charge is 0.339 e. The quantitative estimate of drug-likeness (QED) is 0.580. The molecule has 154 valence electrons. The van der Waals surface area contributed by atoms with E-state index >= 15 is 0 Å². The van der Waals surface area contributed by atoms with Crippen LogP contribution in [0.3, 0.4) is 0 Å². The Morgan fingerprint density at radius 2 is 2.07 bits per heavy atom. The van der Waals surface area contributed by atoms with Crippen LogP contribution in [0.4, 0.5) is 0 Å². The van der Waals surface area contributed by atoms with Gasteiger partial charge in [-0.3, -0.25) is 9.20 Å². The van der Waals surface area contributed by atoms with Gasteiger partial charge in [-0.1, -0.05) is 18.7 Å². The summed E-state index contributed by atoms with van der Waals surface area (Å²) in [6.45, 7) is 5.16. The molecule has 1 atom stereocenters. The summed E-state index contributed by atoms with van der Waals surface area (Å²) in [4.78, 5) is 22.4. The molecular formula is C21H27N5OS2. The second-order valence-corrected chi connectivity index (χ2v) is 10.2. The third-order valence-corrected chi connectivity index (χ3v) is 8.36. The molecule has 1 aliphatic heterocycles. The second kappa shape index (κ2) is 7.87. The summed E-state index contributed by atoms with van der Waals surface area (Å²) < 4.78 is 2.10. The Labute approximate surface area is 179 Å². The molecule has 0 spiro atoms. The summed E-state index contributed by atoms with van der Waals surface area (Å²) in [5.41, 5.74) is 2.35. The number of aryl methyl sites for hydroxylation is 3. The van der Waals surface area contributed by atoms with Crippen molar-refractivity contribution in [2.75, 3.05) is 12.3 Å². The van der Waals surface area contributed by atoms with Crippen LogP contribution in [0.2, 0.25) is 0 Å². The molecule has 1 saturated heterocycles. The molecule has 3 aromatic rings. The number of nitrogens with zero attached hydrogens (tertiary/aromatic N) is 5. The van der Waals surface area contributed by atoms with E-state index in [0.717, 1.165) is 60.1 Å². The number of fused-ring (bicyclic) bond motifs is 5. The number of piperidine rings is 1. The molecule has 4 heterocycles. The highest BCUT2D eigenvalue weighted by Crippen LogP contribution is 2.38. The van der Waals surface area contributed by atoms with Crippen LogP contribution in [0, 0.1) is 0 Å². The van der Waals surface area contributed by atoms with E-state index in [-0.39, 0.29) is 5.91 Å². The summed E-state index contributed by atoms with van der Waals surface area (Å²) in [6, 6.07) is 0.344. The number of thioether (sulfide) groups is 1. The molecule has 1 aliphatic carbocycles. The predicted octanol–water partition coefficient (Wildman–Crippen LogP) is 4.27. The van der Waals surface area contributed by atoms with Gasteiger partial charge in [-0.25, -0.2) is 4.98 Å². The maximum atomic E-state index is 12.8. The normalized spacial score (nSPS) is 19.8. The highest BCUT2D eigenvalue weighted by Gasteiger charge is 2.26. The van der Waals surface area contributed by atoms with Gasteiger partial charge in [-0.05, 0) is 57.4 Å². The first-order valence-electron chi connectivity index (χ1n) is 10.8. The Morgan fingerprint density at radius 1 is 1.21 bits per heavy atom. The highest BCUT2D eigenvalue weighted by atomic mass is 32.2. The van der Waals surface area contributed by atoms with E-state index in [4.69, 9.17) is 4.98 Å². The maximum absolute atomic E-state index is 12.8. The molecular weight excluding hydrogens is 402 g/mol. The minimum Gasteiger partial charge on any atom is -0.339 e. The zero-order chi connectivity index (χ0) is 20.0. The van der Waals surface area contributed by atoms with E-state index in [2.05, 4.69) is 28.4 Å². The second-order valence-electron chi connectivity index (χ2n) is 8.13. The zero-order valence-corrected chi connectivity index (χ0v) is 18.7. The Kier molecular flexibility index (Phi) is 5.24. The fraction of sp³-hybridized carbons (Fsp3) is 0.619. The van der Waals surface area contributed by atoms with Crippen LogP contribution in [0.1, 0.15) is 62.2 Å². The number of carbonyl (C=O) groups excluding carboxylic acids is 1. The van der Waals surface area contributed by atoms with Crippen LogP contribution in [0.5, 0.6) is 0 Å². The number of hydrogen-bond donors (Lipinski definition) is 0. The fourth-order valence-corrected chi connectivity index (χ4v) is 6.81. The SMILES string of the molecule is CCc1nc2sc3c(c2c2nnc(SCC(=O)N4CCCC[C@@H]4C)n12)CCCC3. The third-order valence-electron chi connectivity index (χ3n) is 6.26. The van der Waals surface area contributed by atoms with Crippen molar-refractivity contribution in [1.29, 1.82) is 0 Å². The van der Waals surface area contributed by atoms with Crippen LogP contribution in [-0.2, 0) is 24.1 Å². The lowest BCUT2D eigenvalue weighted by Gasteiger charge is -2.33. The number of likely N-dealkylation sites (tertiary alicyclic amines) is 1. The average molecular weight is 430 g/mol. The molecule has 0 bridgehead atoms. The van der Waals surface area contributed by atoms with Gasteiger partial charge in [0.25, 0.3) is 0 Å². The molecule has 29 heavy (non-hydrogen) atoms. The monoisotopic (exact) mass is 429 g/mol. The summed E-state index contributed by atoms with van der Waals surface area (Å²) in [7, 11) is 0. The number of thiophene rings is 1. The lowest BCUT2D eigenvalue weighted by molar-refractivity contribution is -0.131. The first kappa shape index (κ1) is 19.3. The summed E-state index contributed by atoms with van der Waals surface area (Å²) in [6.07, 6.45) is 9.02. The molecule has 8 heteroatoms. The maximum Gasteiger partial charge on any atom is 0.233 e. The third kappa shape index (κ3) is 3.34. The van der Waals surface area contributed by atoms with E-state index in [1.165, 1.54) is 46.9 Å². The molecule has 6 nitrogen and oxygen atoms in total. The van der Waals surface area contributed by atoms with Crippen molar-refractivity contribution in [1.82, 2.24) is 24.5 Å². The van der Waals surface area contributed by atoms with E-state index in [0.29, 0.717) is 11.8 Å². The topological polar surface area (TPSA) is 63.4 Å². The van der Waals surface area contributed by atoms with Gasteiger partial charge in [0.05, 0.1) is 11.1 Å². The van der Waals surface area contributed by atoms with Crippen LogP contribution in [0.15, 0.2) is 5.16 Å². The van der Waals surface area contributed by atoms with E-state index in [9.17, 15) is 4.79 Å². The van der Waals surface area contributed by atoms with E-state index < -0.39 is 0 Å². The van der Waals surface area contributed by atoms with Crippen molar-refractivity contribution in [2.45, 2.75) is 76.4 Å². The van der Waals surface area contributed by atoms with Crippen molar-refractivity contribution in [3.05, 3.63) is 16.3 Å². The van der Waals surface area contributed by atoms with Gasteiger partial charge in [0.1, 0.15) is 10.7 Å². The number of rotatable bonds is 4. The van der Waals surface area contributed by atoms with E-state index in [1.807, 2.05) is 16.2 Å². The zero-order valence-electron chi connectivity index (χ0n) is 17.1. The Hall–Kier alpha value is -1.67. The molecule has 0 radical (unpaired) electrons. The smallest absolute Gasteiger partial charge is 0.233 e. The molecule has 0 saturated carbocycles. The fourth-order valence-electron chi connectivity index (χ4n) is 4.70. The molecule has 1 amide bonds. The minimum absolute atomic E-state index is 0.207. The van der Waals surface area contributed by atoms with Crippen molar-refractivity contribution in [3.63, 3.8) is 0 Å². The Bertz CT molecular complexity index is 1070. The summed E-state index contributed by atoms with van der Waals surface area (Å²) >= 11 is 3.33. The molecule has 3 aromatic heterocycles. The lowest BCUT2D eigenvalue weighted by Crippen LogP contribution is -2.42. The highest BCUT2D eigenvalue weighted by molar-refractivity contribution is 7.99. The molecule has 0 N–H and O–H groups in total. The predicted molar refractivity (Wildman–Crippen MR) is 118 cm³/mol. The molecule has 0 unspecified atom stereocenters. The molecule has 1 fully saturated rings. The van der Waals surface area contributed by atoms with Gasteiger partial charge >= 0.3 is 0 Å². The van der Waals surface area contributed by atoms with Crippen molar-refractivity contribution in [2.24, 2.45) is 0 Å².